The molecule has 0 spiro atoms. The zero-order valence-corrected chi connectivity index (χ0v) is 19.3. The number of rotatable bonds is 14. The number of aromatic nitrogens is 2. The number of H-pyrrole nitrogens is 1. The van der Waals surface area contributed by atoms with E-state index in [0.29, 0.717) is 12.1 Å². The Hall–Kier alpha value is -3.52. The number of carboxylic acid groups (broad SMARTS) is 1. The number of carboxylic acids is 1. The van der Waals surface area contributed by atoms with Crippen molar-refractivity contribution >= 4 is 29.6 Å². The Morgan fingerprint density at radius 1 is 1.03 bits per heavy atom. The number of aliphatic carboxylic acids is 1. The van der Waals surface area contributed by atoms with E-state index in [0.717, 1.165) is 0 Å². The Morgan fingerprint density at radius 3 is 2.12 bits per heavy atom. The molecule has 14 nitrogen and oxygen atoms in total. The maximum Gasteiger partial charge on any atom is 0.326 e. The highest BCUT2D eigenvalue weighted by atomic mass is 16.4. The molecule has 4 amide bonds. The number of hydrogen-bond donors (Lipinski definition) is 8. The fourth-order valence-electron chi connectivity index (χ4n) is 3.04. The third kappa shape index (κ3) is 9.54. The van der Waals surface area contributed by atoms with Gasteiger partial charge in [0.25, 0.3) is 0 Å². The molecule has 1 aromatic rings. The van der Waals surface area contributed by atoms with E-state index < -0.39 is 66.3 Å². The highest BCUT2D eigenvalue weighted by molar-refractivity contribution is 5.96. The van der Waals surface area contributed by atoms with Crippen LogP contribution in [0.1, 0.15) is 39.3 Å². The molecule has 0 saturated heterocycles. The molecule has 0 saturated carbocycles. The molecule has 0 radical (unpaired) electrons. The van der Waals surface area contributed by atoms with Crippen LogP contribution in [0.3, 0.4) is 0 Å². The molecule has 5 atom stereocenters. The molecule has 0 aliphatic rings. The highest BCUT2D eigenvalue weighted by Crippen LogP contribution is 2.05. The molecule has 0 bridgehead atoms. The van der Waals surface area contributed by atoms with E-state index in [1.165, 1.54) is 19.4 Å². The van der Waals surface area contributed by atoms with Crippen molar-refractivity contribution in [3.63, 3.8) is 0 Å². The second kappa shape index (κ2) is 13.3. The molecule has 1 rings (SSSR count). The summed E-state index contributed by atoms with van der Waals surface area (Å²) in [5, 5.41) is 26.2. The van der Waals surface area contributed by atoms with Gasteiger partial charge in [0, 0.05) is 18.3 Å². The van der Waals surface area contributed by atoms with Gasteiger partial charge in [0.15, 0.2) is 0 Å². The minimum absolute atomic E-state index is 0.104. The maximum atomic E-state index is 12.7. The average Bonchev–Trinajstić information content (AvgIpc) is 3.22. The molecule has 10 N–H and O–H groups in total. The lowest BCUT2D eigenvalue weighted by atomic mass is 10.0. The molecule has 0 aliphatic carbocycles. The van der Waals surface area contributed by atoms with Gasteiger partial charge in [0.1, 0.15) is 18.1 Å². The summed E-state index contributed by atoms with van der Waals surface area (Å²) in [5.41, 5.74) is 11.4. The van der Waals surface area contributed by atoms with Crippen molar-refractivity contribution in [1.29, 1.82) is 0 Å². The van der Waals surface area contributed by atoms with Crippen molar-refractivity contribution in [3.8, 4) is 0 Å². The second-order valence-corrected chi connectivity index (χ2v) is 8.37. The summed E-state index contributed by atoms with van der Waals surface area (Å²) >= 11 is 0. The first-order valence-electron chi connectivity index (χ1n) is 10.6. The first-order chi connectivity index (χ1) is 15.8. The summed E-state index contributed by atoms with van der Waals surface area (Å²) in [6.07, 6.45) is 0.882. The Balaban J connectivity index is 2.95. The summed E-state index contributed by atoms with van der Waals surface area (Å²) < 4.78 is 0. The van der Waals surface area contributed by atoms with E-state index >= 15 is 0 Å². The van der Waals surface area contributed by atoms with Gasteiger partial charge in [-0.05, 0) is 19.3 Å². The zero-order chi connectivity index (χ0) is 26.0. The van der Waals surface area contributed by atoms with E-state index in [9.17, 15) is 34.2 Å². The van der Waals surface area contributed by atoms with Crippen molar-refractivity contribution in [3.05, 3.63) is 18.2 Å². The molecule has 0 fully saturated rings. The van der Waals surface area contributed by atoms with Gasteiger partial charge in [-0.2, -0.15) is 0 Å². The second-order valence-electron chi connectivity index (χ2n) is 8.37. The van der Waals surface area contributed by atoms with Gasteiger partial charge in [-0.15, -0.1) is 0 Å². The quantitative estimate of drug-likeness (QED) is 0.135. The Labute approximate surface area is 196 Å². The number of nitrogens with zero attached hydrogens (tertiary/aromatic N) is 1. The van der Waals surface area contributed by atoms with Crippen LogP contribution in [0.15, 0.2) is 12.5 Å². The fourth-order valence-corrected chi connectivity index (χ4v) is 3.04. The number of amides is 4. The smallest absolute Gasteiger partial charge is 0.326 e. The predicted molar refractivity (Wildman–Crippen MR) is 119 cm³/mol. The number of aromatic amines is 1. The minimum atomic E-state index is -1.56. The average molecular weight is 484 g/mol. The number of hydrogen-bond acceptors (Lipinski definition) is 8. The summed E-state index contributed by atoms with van der Waals surface area (Å²) in [7, 11) is 0. The normalized spacial score (nSPS) is 15.5. The molecule has 1 heterocycles. The van der Waals surface area contributed by atoms with Crippen molar-refractivity contribution in [1.82, 2.24) is 25.9 Å². The standard InChI is InChI=1S/C20H33N7O7/c1-9(2)4-12(21)17(30)27-16(10(3)28)19(32)25-13(6-15(22)29)18(31)26-14(20(33)34)5-11-7-23-8-24-11/h7-10,12-14,16,28H,4-6,21H2,1-3H3,(H2,22,29)(H,23,24)(H,25,32)(H,26,31)(H,27,30)(H,33,34). The lowest BCUT2D eigenvalue weighted by Crippen LogP contribution is -2.60. The molecule has 0 aromatic carbocycles. The van der Waals surface area contributed by atoms with E-state index in [2.05, 4.69) is 25.9 Å². The first-order valence-corrected chi connectivity index (χ1v) is 10.6. The van der Waals surface area contributed by atoms with E-state index in [-0.39, 0.29) is 12.3 Å². The maximum absolute atomic E-state index is 12.7. The molecule has 5 unspecified atom stereocenters. The molecular weight excluding hydrogens is 450 g/mol. The van der Waals surface area contributed by atoms with Gasteiger partial charge in [-0.1, -0.05) is 13.8 Å². The monoisotopic (exact) mass is 483 g/mol. The summed E-state index contributed by atoms with van der Waals surface area (Å²) in [6, 6.07) is -5.38. The predicted octanol–water partition coefficient (Wildman–Crippen LogP) is -2.88. The van der Waals surface area contributed by atoms with E-state index in [4.69, 9.17) is 11.5 Å². The Morgan fingerprint density at radius 2 is 1.65 bits per heavy atom. The Bertz CT molecular complexity index is 857. The third-order valence-electron chi connectivity index (χ3n) is 4.76. The largest absolute Gasteiger partial charge is 0.480 e. The van der Waals surface area contributed by atoms with Gasteiger partial charge >= 0.3 is 5.97 Å². The van der Waals surface area contributed by atoms with Gasteiger partial charge in [0.2, 0.25) is 23.6 Å². The topological polar surface area (TPSA) is 243 Å². The van der Waals surface area contributed by atoms with Crippen LogP contribution in [0.5, 0.6) is 0 Å². The van der Waals surface area contributed by atoms with Gasteiger partial charge in [-0.25, -0.2) is 9.78 Å². The van der Waals surface area contributed by atoms with Crippen LogP contribution in [0.25, 0.3) is 0 Å². The molecule has 190 valence electrons. The SMILES string of the molecule is CC(C)CC(N)C(=O)NC(C(=O)NC(CC(N)=O)C(=O)NC(Cc1cnc[nH]1)C(=O)O)C(C)O. The van der Waals surface area contributed by atoms with Gasteiger partial charge in [0.05, 0.1) is 24.9 Å². The lowest BCUT2D eigenvalue weighted by Gasteiger charge is -2.26. The van der Waals surface area contributed by atoms with Gasteiger partial charge in [-0.3, -0.25) is 19.2 Å². The van der Waals surface area contributed by atoms with Crippen LogP contribution in [-0.4, -0.2) is 80.1 Å². The molecule has 1 aromatic heterocycles. The highest BCUT2D eigenvalue weighted by Gasteiger charge is 2.33. The summed E-state index contributed by atoms with van der Waals surface area (Å²) in [6.45, 7) is 4.96. The minimum Gasteiger partial charge on any atom is -0.480 e. The molecular formula is C20H33N7O7. The van der Waals surface area contributed by atoms with Crippen LogP contribution in [0, 0.1) is 5.92 Å². The lowest BCUT2D eigenvalue weighted by molar-refractivity contribution is -0.142. The number of carbonyl (C=O) groups excluding carboxylic acids is 4. The van der Waals surface area contributed by atoms with Crippen LogP contribution >= 0.6 is 0 Å². The van der Waals surface area contributed by atoms with Gasteiger partial charge < -0.3 is 42.6 Å². The molecule has 0 aliphatic heterocycles. The molecule has 14 heteroatoms. The third-order valence-corrected chi connectivity index (χ3v) is 4.76. The van der Waals surface area contributed by atoms with Crippen LogP contribution in [0.2, 0.25) is 0 Å². The first kappa shape index (κ1) is 28.5. The van der Waals surface area contributed by atoms with Crippen molar-refractivity contribution in [2.75, 3.05) is 0 Å². The number of primary amides is 1. The fraction of sp³-hybridized carbons (Fsp3) is 0.600. The number of aliphatic hydroxyl groups excluding tert-OH is 1. The van der Waals surface area contributed by atoms with Crippen molar-refractivity contribution in [2.45, 2.75) is 70.3 Å². The zero-order valence-electron chi connectivity index (χ0n) is 19.3. The van der Waals surface area contributed by atoms with Crippen molar-refractivity contribution < 1.29 is 34.2 Å². The molecule has 34 heavy (non-hydrogen) atoms. The van der Waals surface area contributed by atoms with Crippen molar-refractivity contribution in [2.24, 2.45) is 17.4 Å². The Kier molecular flexibility index (Phi) is 11.1. The summed E-state index contributed by atoms with van der Waals surface area (Å²) in [4.78, 5) is 67.3. The van der Waals surface area contributed by atoms with Crippen LogP contribution in [0.4, 0.5) is 0 Å². The summed E-state index contributed by atoms with van der Waals surface area (Å²) in [5.74, 6) is -4.87. The number of aliphatic hydroxyl groups is 1. The number of nitrogens with one attached hydrogen (secondary N) is 4. The van der Waals surface area contributed by atoms with E-state index in [1.807, 2.05) is 13.8 Å². The number of imidazole rings is 1. The number of carbonyl (C=O) groups is 5. The number of nitrogens with two attached hydrogens (primary N) is 2. The van der Waals surface area contributed by atoms with Crippen LogP contribution in [-0.2, 0) is 30.4 Å². The van der Waals surface area contributed by atoms with E-state index in [1.54, 1.807) is 0 Å². The van der Waals surface area contributed by atoms with Crippen LogP contribution < -0.4 is 27.4 Å².